The van der Waals surface area contributed by atoms with Gasteiger partial charge in [0.15, 0.2) is 11.5 Å². The molecule has 33 heavy (non-hydrogen) atoms. The zero-order valence-electron chi connectivity index (χ0n) is 18.6. The van der Waals surface area contributed by atoms with Crippen LogP contribution in [0.1, 0.15) is 32.0 Å². The quantitative estimate of drug-likeness (QED) is 0.243. The number of aryl methyl sites for hydroxylation is 1. The van der Waals surface area contributed by atoms with Crippen LogP contribution in [0.3, 0.4) is 0 Å². The maximum absolute atomic E-state index is 12.6. The minimum Gasteiger partial charge on any atom is -0.493 e. The largest absolute Gasteiger partial charge is 0.493 e. The van der Waals surface area contributed by atoms with E-state index in [9.17, 15) is 9.59 Å². The maximum atomic E-state index is 12.6. The van der Waals surface area contributed by atoms with E-state index in [1.54, 1.807) is 36.4 Å². The summed E-state index contributed by atoms with van der Waals surface area (Å²) in [6, 6.07) is 13.1. The van der Waals surface area contributed by atoms with Crippen molar-refractivity contribution in [3.8, 4) is 23.0 Å². The minimum absolute atomic E-state index is 0.239. The summed E-state index contributed by atoms with van der Waals surface area (Å²) in [6.45, 7) is 1.84. The molecular formula is C24H23N3O6. The summed E-state index contributed by atoms with van der Waals surface area (Å²) in [5.74, 6) is 0.452. The van der Waals surface area contributed by atoms with Gasteiger partial charge < -0.3 is 18.9 Å². The third-order valence-corrected chi connectivity index (χ3v) is 4.54. The van der Waals surface area contributed by atoms with Crippen LogP contribution < -0.4 is 24.4 Å². The number of esters is 1. The molecule has 170 valence electrons. The maximum Gasteiger partial charge on any atom is 0.343 e. The number of amides is 1. The van der Waals surface area contributed by atoms with E-state index in [1.165, 1.54) is 45.9 Å². The number of pyridine rings is 1. The van der Waals surface area contributed by atoms with Crippen LogP contribution in [0.5, 0.6) is 23.0 Å². The van der Waals surface area contributed by atoms with Crippen LogP contribution in [0.15, 0.2) is 59.8 Å². The number of hydrogen-bond acceptors (Lipinski definition) is 8. The lowest BCUT2D eigenvalue weighted by molar-refractivity contribution is 0.0733. The Morgan fingerprint density at radius 3 is 2.12 bits per heavy atom. The van der Waals surface area contributed by atoms with Crippen molar-refractivity contribution in [1.82, 2.24) is 10.4 Å². The molecule has 0 unspecified atom stereocenters. The molecule has 0 saturated carbocycles. The van der Waals surface area contributed by atoms with Crippen molar-refractivity contribution in [2.24, 2.45) is 5.10 Å². The standard InChI is InChI=1S/C24H23N3O6/c1-15-5-8-17(14-25-15)23(28)27-26-13-16-6-9-19(10-7-16)33-24(29)18-11-20(30-2)22(32-4)21(12-18)31-3/h5-14H,1-4H3,(H,27,28)/b26-13-. The van der Waals surface area contributed by atoms with Crippen molar-refractivity contribution < 1.29 is 28.5 Å². The minimum atomic E-state index is -0.588. The fourth-order valence-electron chi connectivity index (χ4n) is 2.82. The van der Waals surface area contributed by atoms with Crippen molar-refractivity contribution in [3.63, 3.8) is 0 Å². The van der Waals surface area contributed by atoms with Crippen LogP contribution in [0.4, 0.5) is 0 Å². The highest BCUT2D eigenvalue weighted by Gasteiger charge is 2.18. The number of hydrazone groups is 1. The SMILES string of the molecule is COc1cc(C(=O)Oc2ccc(/C=N\NC(=O)c3ccc(C)nc3)cc2)cc(OC)c1OC. The van der Waals surface area contributed by atoms with Gasteiger partial charge in [0.05, 0.1) is 38.7 Å². The molecule has 0 spiro atoms. The molecule has 0 aliphatic heterocycles. The number of carbonyl (C=O) groups excluding carboxylic acids is 2. The number of carbonyl (C=O) groups is 2. The van der Waals surface area contributed by atoms with Gasteiger partial charge in [-0.3, -0.25) is 9.78 Å². The fourth-order valence-corrected chi connectivity index (χ4v) is 2.82. The number of aromatic nitrogens is 1. The summed E-state index contributed by atoms with van der Waals surface area (Å²) in [6.07, 6.45) is 2.96. The van der Waals surface area contributed by atoms with E-state index in [0.717, 1.165) is 5.69 Å². The second-order valence-corrected chi connectivity index (χ2v) is 6.76. The Balaban J connectivity index is 1.63. The summed E-state index contributed by atoms with van der Waals surface area (Å²) in [5, 5.41) is 3.93. The molecule has 0 saturated heterocycles. The highest BCUT2D eigenvalue weighted by molar-refractivity contribution is 5.95. The summed E-state index contributed by atoms with van der Waals surface area (Å²) in [5.41, 5.74) is 4.61. The van der Waals surface area contributed by atoms with Crippen LogP contribution in [-0.4, -0.2) is 44.4 Å². The Morgan fingerprint density at radius 2 is 1.58 bits per heavy atom. The normalized spacial score (nSPS) is 10.5. The molecule has 0 atom stereocenters. The van der Waals surface area contributed by atoms with E-state index in [1.807, 2.05) is 6.92 Å². The molecule has 1 amide bonds. The number of nitrogens with zero attached hydrogens (tertiary/aromatic N) is 2. The van der Waals surface area contributed by atoms with Gasteiger partial charge in [-0.05, 0) is 61.0 Å². The average Bonchev–Trinajstić information content (AvgIpc) is 2.84. The van der Waals surface area contributed by atoms with Crippen LogP contribution >= 0.6 is 0 Å². The molecule has 3 rings (SSSR count). The molecule has 0 radical (unpaired) electrons. The Hall–Kier alpha value is -4.40. The van der Waals surface area contributed by atoms with Gasteiger partial charge in [0.1, 0.15) is 5.75 Å². The van der Waals surface area contributed by atoms with Crippen LogP contribution in [0.25, 0.3) is 0 Å². The van der Waals surface area contributed by atoms with Crippen molar-refractivity contribution in [2.45, 2.75) is 6.92 Å². The first-order chi connectivity index (χ1) is 15.9. The molecule has 0 fully saturated rings. The van der Waals surface area contributed by atoms with Crippen molar-refractivity contribution in [3.05, 3.63) is 77.1 Å². The predicted molar refractivity (Wildman–Crippen MR) is 122 cm³/mol. The molecule has 1 heterocycles. The van der Waals surface area contributed by atoms with Crippen LogP contribution in [0.2, 0.25) is 0 Å². The Morgan fingerprint density at radius 1 is 0.909 bits per heavy atom. The molecule has 0 aliphatic carbocycles. The third-order valence-electron chi connectivity index (χ3n) is 4.54. The molecule has 1 aromatic heterocycles. The average molecular weight is 449 g/mol. The van der Waals surface area contributed by atoms with E-state index in [-0.39, 0.29) is 11.5 Å². The van der Waals surface area contributed by atoms with Gasteiger partial charge in [0.25, 0.3) is 5.91 Å². The van der Waals surface area contributed by atoms with E-state index >= 15 is 0 Å². The van der Waals surface area contributed by atoms with Gasteiger partial charge in [0, 0.05) is 11.9 Å². The zero-order chi connectivity index (χ0) is 23.8. The molecule has 3 aromatic rings. The van der Waals surface area contributed by atoms with Crippen molar-refractivity contribution in [2.75, 3.05) is 21.3 Å². The monoisotopic (exact) mass is 449 g/mol. The molecule has 9 heteroatoms. The topological polar surface area (TPSA) is 108 Å². The molecule has 9 nitrogen and oxygen atoms in total. The van der Waals surface area contributed by atoms with Crippen LogP contribution in [-0.2, 0) is 0 Å². The number of rotatable bonds is 8. The van der Waals surface area contributed by atoms with Crippen molar-refractivity contribution >= 4 is 18.1 Å². The lowest BCUT2D eigenvalue weighted by atomic mass is 10.2. The van der Waals surface area contributed by atoms with Gasteiger partial charge in [-0.2, -0.15) is 5.10 Å². The predicted octanol–water partition coefficient (Wildman–Crippen LogP) is 3.40. The number of benzene rings is 2. The van der Waals surface area contributed by atoms with Gasteiger partial charge >= 0.3 is 5.97 Å². The van der Waals surface area contributed by atoms with Crippen LogP contribution in [0, 0.1) is 6.92 Å². The number of ether oxygens (including phenoxy) is 4. The van der Waals surface area contributed by atoms with Crippen molar-refractivity contribution in [1.29, 1.82) is 0 Å². The fraction of sp³-hybridized carbons (Fsp3) is 0.167. The Bertz CT molecular complexity index is 1130. The second kappa shape index (κ2) is 10.8. The lowest BCUT2D eigenvalue weighted by Gasteiger charge is -2.13. The van der Waals surface area contributed by atoms with Gasteiger partial charge in [-0.15, -0.1) is 0 Å². The summed E-state index contributed by atoms with van der Waals surface area (Å²) < 4.78 is 21.2. The first kappa shape index (κ1) is 23.3. The van der Waals surface area contributed by atoms with Gasteiger partial charge in [-0.25, -0.2) is 10.2 Å². The molecular weight excluding hydrogens is 426 g/mol. The highest BCUT2D eigenvalue weighted by Crippen LogP contribution is 2.38. The Labute approximate surface area is 191 Å². The highest BCUT2D eigenvalue weighted by atomic mass is 16.5. The first-order valence-corrected chi connectivity index (χ1v) is 9.83. The smallest absolute Gasteiger partial charge is 0.343 e. The molecule has 1 N–H and O–H groups in total. The summed E-state index contributed by atoms with van der Waals surface area (Å²) in [7, 11) is 4.41. The lowest BCUT2D eigenvalue weighted by Crippen LogP contribution is -2.17. The zero-order valence-corrected chi connectivity index (χ0v) is 18.6. The molecule has 2 aromatic carbocycles. The number of methoxy groups -OCH3 is 3. The Kier molecular flexibility index (Phi) is 7.59. The van der Waals surface area contributed by atoms with Gasteiger partial charge in [-0.1, -0.05) is 0 Å². The van der Waals surface area contributed by atoms with E-state index in [0.29, 0.717) is 34.1 Å². The number of nitrogens with one attached hydrogen (secondary N) is 1. The molecule has 0 bridgehead atoms. The first-order valence-electron chi connectivity index (χ1n) is 9.83. The van der Waals surface area contributed by atoms with E-state index in [2.05, 4.69) is 15.5 Å². The summed E-state index contributed by atoms with van der Waals surface area (Å²) in [4.78, 5) is 28.7. The molecule has 0 aliphatic rings. The second-order valence-electron chi connectivity index (χ2n) is 6.76. The summed E-state index contributed by atoms with van der Waals surface area (Å²) >= 11 is 0. The third kappa shape index (κ3) is 5.85. The number of hydrogen-bond donors (Lipinski definition) is 1. The van der Waals surface area contributed by atoms with E-state index in [4.69, 9.17) is 18.9 Å². The van der Waals surface area contributed by atoms with Gasteiger partial charge in [0.2, 0.25) is 5.75 Å². The van der Waals surface area contributed by atoms with E-state index < -0.39 is 5.97 Å².